The maximum atomic E-state index is 12.8. The van der Waals surface area contributed by atoms with Gasteiger partial charge in [-0.3, -0.25) is 20.3 Å². The van der Waals surface area contributed by atoms with Crippen LogP contribution < -0.4 is 14.9 Å². The molecule has 0 fully saturated rings. The molecule has 0 spiro atoms. The van der Waals surface area contributed by atoms with Gasteiger partial charge >= 0.3 is 0 Å². The smallest absolute Gasteiger partial charge is 0.295 e. The van der Waals surface area contributed by atoms with E-state index in [0.29, 0.717) is 17.0 Å². The van der Waals surface area contributed by atoms with Crippen LogP contribution in [0.4, 0.5) is 17.1 Å². The molecule has 3 aromatic rings. The first-order valence-electron chi connectivity index (χ1n) is 9.65. The Balaban J connectivity index is 1.84. The van der Waals surface area contributed by atoms with Gasteiger partial charge in [0, 0.05) is 6.07 Å². The number of nitrogens with zero attached hydrogens (tertiary/aromatic N) is 2. The molecule has 10 nitrogen and oxygen atoms in total. The zero-order valence-electron chi connectivity index (χ0n) is 18.1. The number of aromatic hydroxyl groups is 1. The van der Waals surface area contributed by atoms with Crippen LogP contribution in [0.2, 0.25) is 0 Å². The molecule has 3 N–H and O–H groups in total. The van der Waals surface area contributed by atoms with Crippen molar-refractivity contribution in [1.82, 2.24) is 0 Å². The molecule has 0 saturated heterocycles. The minimum atomic E-state index is -4.06. The molecule has 0 saturated carbocycles. The summed E-state index contributed by atoms with van der Waals surface area (Å²) in [5.74, 6) is 0.209. The third kappa shape index (κ3) is 5.57. The molecule has 11 heteroatoms. The van der Waals surface area contributed by atoms with E-state index in [4.69, 9.17) is 4.74 Å². The van der Waals surface area contributed by atoms with Gasteiger partial charge < -0.3 is 9.84 Å². The van der Waals surface area contributed by atoms with E-state index in [-0.39, 0.29) is 16.3 Å². The third-order valence-corrected chi connectivity index (χ3v) is 6.07. The second-order valence-electron chi connectivity index (χ2n) is 7.16. The number of hydrogen-bond acceptors (Lipinski definition) is 8. The van der Waals surface area contributed by atoms with Crippen LogP contribution in [0.25, 0.3) is 0 Å². The van der Waals surface area contributed by atoms with Gasteiger partial charge in [-0.25, -0.2) is 8.42 Å². The zero-order valence-corrected chi connectivity index (χ0v) is 18.9. The fourth-order valence-electron chi connectivity index (χ4n) is 3.02. The fourth-order valence-corrected chi connectivity index (χ4v) is 4.17. The SMILES string of the molecule is COc1ccc(C=NNc2ccc(S(=O)(=O)Nc3ccc(C)cc3C)cc2[N+](=O)[O-])cc1O. The first kappa shape index (κ1) is 23.5. The molecule has 33 heavy (non-hydrogen) atoms. The Morgan fingerprint density at radius 3 is 2.42 bits per heavy atom. The monoisotopic (exact) mass is 470 g/mol. The second-order valence-corrected chi connectivity index (χ2v) is 8.84. The normalized spacial score (nSPS) is 11.4. The summed E-state index contributed by atoms with van der Waals surface area (Å²) in [7, 11) is -2.64. The van der Waals surface area contributed by atoms with E-state index >= 15 is 0 Å². The van der Waals surface area contributed by atoms with Crippen molar-refractivity contribution in [3.05, 3.63) is 81.4 Å². The van der Waals surface area contributed by atoms with Crippen molar-refractivity contribution in [2.24, 2.45) is 5.10 Å². The molecule has 3 aromatic carbocycles. The first-order valence-corrected chi connectivity index (χ1v) is 11.1. The number of benzene rings is 3. The maximum absolute atomic E-state index is 12.8. The van der Waals surface area contributed by atoms with Crippen molar-refractivity contribution in [2.75, 3.05) is 17.3 Å². The first-order chi connectivity index (χ1) is 15.6. The molecule has 0 aromatic heterocycles. The third-order valence-electron chi connectivity index (χ3n) is 4.70. The number of phenolic OH excluding ortho intramolecular Hbond substituents is 1. The van der Waals surface area contributed by atoms with Gasteiger partial charge in [-0.05, 0) is 61.4 Å². The Bertz CT molecular complexity index is 1340. The van der Waals surface area contributed by atoms with Gasteiger partial charge in [0.2, 0.25) is 0 Å². The van der Waals surface area contributed by atoms with Gasteiger partial charge in [0.05, 0.1) is 28.8 Å². The number of ether oxygens (including phenoxy) is 1. The number of aryl methyl sites for hydroxylation is 2. The van der Waals surface area contributed by atoms with Crippen LogP contribution in [0.3, 0.4) is 0 Å². The lowest BCUT2D eigenvalue weighted by molar-refractivity contribution is -0.384. The number of nitro groups is 1. The summed E-state index contributed by atoms with van der Waals surface area (Å²) in [6.07, 6.45) is 1.34. The highest BCUT2D eigenvalue weighted by Gasteiger charge is 2.22. The minimum absolute atomic E-state index is 0.000509. The molecule has 0 unspecified atom stereocenters. The number of rotatable bonds is 8. The summed E-state index contributed by atoms with van der Waals surface area (Å²) in [6, 6.07) is 13.3. The second kappa shape index (κ2) is 9.57. The number of nitrogens with one attached hydrogen (secondary N) is 2. The van der Waals surface area contributed by atoms with Gasteiger partial charge in [0.25, 0.3) is 15.7 Å². The van der Waals surface area contributed by atoms with Crippen LogP contribution in [-0.2, 0) is 10.0 Å². The average molecular weight is 471 g/mol. The molecule has 0 amide bonds. The van der Waals surface area contributed by atoms with Crippen molar-refractivity contribution in [2.45, 2.75) is 18.7 Å². The molecule has 0 heterocycles. The summed E-state index contributed by atoms with van der Waals surface area (Å²) in [5.41, 5.74) is 4.68. The molecule has 0 aliphatic carbocycles. The predicted molar refractivity (Wildman–Crippen MR) is 126 cm³/mol. The van der Waals surface area contributed by atoms with Gasteiger partial charge in [-0.15, -0.1) is 0 Å². The summed E-state index contributed by atoms with van der Waals surface area (Å²) < 4.78 is 33.0. The molecular weight excluding hydrogens is 448 g/mol. The van der Waals surface area contributed by atoms with Crippen LogP contribution in [0.15, 0.2) is 64.6 Å². The fraction of sp³-hybridized carbons (Fsp3) is 0.136. The zero-order chi connectivity index (χ0) is 24.2. The predicted octanol–water partition coefficient (Wildman–Crippen LogP) is 4.17. The number of sulfonamides is 1. The van der Waals surface area contributed by atoms with Crippen molar-refractivity contribution in [3.63, 3.8) is 0 Å². The Hall–Kier alpha value is -4.12. The molecule has 0 aliphatic rings. The Labute approximate surface area is 190 Å². The van der Waals surface area contributed by atoms with E-state index in [1.165, 1.54) is 31.5 Å². The highest BCUT2D eigenvalue weighted by atomic mass is 32.2. The highest BCUT2D eigenvalue weighted by Crippen LogP contribution is 2.29. The number of phenols is 1. The van der Waals surface area contributed by atoms with Gasteiger partial charge in [0.1, 0.15) is 5.69 Å². The summed E-state index contributed by atoms with van der Waals surface area (Å²) in [6.45, 7) is 3.65. The number of methoxy groups -OCH3 is 1. The lowest BCUT2D eigenvalue weighted by atomic mass is 10.1. The van der Waals surface area contributed by atoms with Crippen LogP contribution in [0, 0.1) is 24.0 Å². The highest BCUT2D eigenvalue weighted by molar-refractivity contribution is 7.92. The molecule has 172 valence electrons. The van der Waals surface area contributed by atoms with E-state index in [2.05, 4.69) is 15.2 Å². The van der Waals surface area contributed by atoms with Crippen molar-refractivity contribution >= 4 is 33.3 Å². The molecule has 0 atom stereocenters. The number of nitro benzene ring substituents is 1. The number of hydrazone groups is 1. The molecule has 0 radical (unpaired) electrons. The van der Waals surface area contributed by atoms with Gasteiger partial charge in [0.15, 0.2) is 11.5 Å². The summed E-state index contributed by atoms with van der Waals surface area (Å²) in [4.78, 5) is 10.6. The number of hydrogen-bond donors (Lipinski definition) is 3. The summed E-state index contributed by atoms with van der Waals surface area (Å²) >= 11 is 0. The molecule has 3 rings (SSSR count). The molecule has 0 bridgehead atoms. The largest absolute Gasteiger partial charge is 0.504 e. The summed E-state index contributed by atoms with van der Waals surface area (Å²) in [5, 5.41) is 25.3. The maximum Gasteiger partial charge on any atom is 0.295 e. The van der Waals surface area contributed by atoms with E-state index in [0.717, 1.165) is 17.2 Å². The molecular formula is C22H22N4O6S. The topological polar surface area (TPSA) is 143 Å². The van der Waals surface area contributed by atoms with Crippen LogP contribution in [0.5, 0.6) is 11.5 Å². The quantitative estimate of drug-likeness (QED) is 0.255. The number of anilines is 2. The molecule has 0 aliphatic heterocycles. The van der Waals surface area contributed by atoms with Crippen LogP contribution >= 0.6 is 0 Å². The standard InChI is InChI=1S/C22H22N4O6S/c1-14-4-7-18(15(2)10-14)25-33(30,31)17-6-8-19(20(12-17)26(28)29)24-23-13-16-5-9-22(32-3)21(27)11-16/h4-13,24-25,27H,1-3H3. The van der Waals surface area contributed by atoms with E-state index < -0.39 is 20.6 Å². The van der Waals surface area contributed by atoms with Gasteiger partial charge in [-0.1, -0.05) is 17.7 Å². The van der Waals surface area contributed by atoms with Gasteiger partial charge in [-0.2, -0.15) is 5.10 Å². The average Bonchev–Trinajstić information content (AvgIpc) is 2.76. The van der Waals surface area contributed by atoms with Crippen molar-refractivity contribution < 1.29 is 23.2 Å². The lowest BCUT2D eigenvalue weighted by Gasteiger charge is -2.12. The lowest BCUT2D eigenvalue weighted by Crippen LogP contribution is -2.14. The van der Waals surface area contributed by atoms with E-state index in [1.54, 1.807) is 31.2 Å². The Morgan fingerprint density at radius 2 is 1.79 bits per heavy atom. The van der Waals surface area contributed by atoms with Crippen LogP contribution in [-0.4, -0.2) is 31.8 Å². The van der Waals surface area contributed by atoms with E-state index in [1.807, 2.05) is 13.0 Å². The van der Waals surface area contributed by atoms with Crippen molar-refractivity contribution in [3.8, 4) is 11.5 Å². The Morgan fingerprint density at radius 1 is 1.06 bits per heavy atom. The van der Waals surface area contributed by atoms with E-state index in [9.17, 15) is 23.6 Å². The van der Waals surface area contributed by atoms with Crippen LogP contribution in [0.1, 0.15) is 16.7 Å². The minimum Gasteiger partial charge on any atom is -0.504 e. The Kier molecular flexibility index (Phi) is 6.83. The van der Waals surface area contributed by atoms with Crippen molar-refractivity contribution in [1.29, 1.82) is 0 Å².